The molecule has 1 fully saturated rings. The van der Waals surface area contributed by atoms with E-state index in [1.165, 1.54) is 0 Å². The lowest BCUT2D eigenvalue weighted by Gasteiger charge is -2.35. The van der Waals surface area contributed by atoms with Crippen LogP contribution in [0.4, 0.5) is 0 Å². The first kappa shape index (κ1) is 11.6. The van der Waals surface area contributed by atoms with Gasteiger partial charge in [-0.15, -0.1) is 0 Å². The van der Waals surface area contributed by atoms with Crippen LogP contribution in [-0.2, 0) is 10.3 Å². The molecule has 1 aromatic rings. The summed E-state index contributed by atoms with van der Waals surface area (Å²) in [6, 6.07) is 7.04. The summed E-state index contributed by atoms with van der Waals surface area (Å²) < 4.78 is 0. The van der Waals surface area contributed by atoms with Gasteiger partial charge in [-0.3, -0.25) is 4.79 Å². The monoisotopic (exact) mass is 239 g/mol. The molecule has 0 amide bonds. The lowest BCUT2D eigenvalue weighted by molar-refractivity contribution is -0.136. The van der Waals surface area contributed by atoms with E-state index in [1.807, 2.05) is 0 Å². The van der Waals surface area contributed by atoms with Gasteiger partial charge in [0.25, 0.3) is 0 Å². The zero-order valence-corrected chi connectivity index (χ0v) is 9.57. The van der Waals surface area contributed by atoms with Gasteiger partial charge in [0.05, 0.1) is 0 Å². The van der Waals surface area contributed by atoms with Crippen LogP contribution in [0, 0.1) is 0 Å². The Hall–Kier alpha value is -0.900. The SMILES string of the molecule is N[C@]1(c2ccccc2Cl)CCC[C@H](O)C1=O. The number of Topliss-reactive ketones (excluding diaryl/α,β-unsaturated/α-hetero) is 1. The standard InChI is InChI=1S/C12H14ClNO2/c13-9-5-2-1-4-8(9)12(14)7-3-6-10(15)11(12)16/h1-2,4-5,10,15H,3,6-7,14H2/t10-,12-/m0/s1. The van der Waals surface area contributed by atoms with Crippen LogP contribution in [-0.4, -0.2) is 17.0 Å². The fraction of sp³-hybridized carbons (Fsp3) is 0.417. The van der Waals surface area contributed by atoms with Crippen LogP contribution in [0.3, 0.4) is 0 Å². The van der Waals surface area contributed by atoms with Gasteiger partial charge in [0.2, 0.25) is 0 Å². The number of benzene rings is 1. The van der Waals surface area contributed by atoms with E-state index in [-0.39, 0.29) is 5.78 Å². The van der Waals surface area contributed by atoms with E-state index in [9.17, 15) is 9.90 Å². The van der Waals surface area contributed by atoms with Crippen molar-refractivity contribution in [1.82, 2.24) is 0 Å². The normalized spacial score (nSPS) is 30.4. The summed E-state index contributed by atoms with van der Waals surface area (Å²) in [5.41, 5.74) is 5.60. The molecule has 2 atom stereocenters. The second-order valence-corrected chi connectivity index (χ2v) is 4.63. The molecule has 0 bridgehead atoms. The summed E-state index contributed by atoms with van der Waals surface area (Å²) >= 11 is 6.05. The van der Waals surface area contributed by atoms with Gasteiger partial charge in [-0.05, 0) is 30.9 Å². The molecular weight excluding hydrogens is 226 g/mol. The van der Waals surface area contributed by atoms with Crippen LogP contribution in [0.5, 0.6) is 0 Å². The van der Waals surface area contributed by atoms with Crippen molar-refractivity contribution < 1.29 is 9.90 Å². The van der Waals surface area contributed by atoms with Crippen LogP contribution in [0.1, 0.15) is 24.8 Å². The van der Waals surface area contributed by atoms with Crippen LogP contribution in [0.25, 0.3) is 0 Å². The van der Waals surface area contributed by atoms with Crippen LogP contribution < -0.4 is 5.73 Å². The van der Waals surface area contributed by atoms with E-state index in [4.69, 9.17) is 17.3 Å². The maximum atomic E-state index is 12.0. The molecule has 0 unspecified atom stereocenters. The van der Waals surface area contributed by atoms with E-state index in [2.05, 4.69) is 0 Å². The molecule has 0 heterocycles. The Morgan fingerprint density at radius 1 is 1.44 bits per heavy atom. The smallest absolute Gasteiger partial charge is 0.185 e. The highest BCUT2D eigenvalue weighted by molar-refractivity contribution is 6.31. The number of nitrogens with two attached hydrogens (primary N) is 1. The highest BCUT2D eigenvalue weighted by Crippen LogP contribution is 2.35. The van der Waals surface area contributed by atoms with Crippen molar-refractivity contribution in [2.24, 2.45) is 5.73 Å². The molecule has 0 spiro atoms. The Kier molecular flexibility index (Phi) is 3.02. The number of ketones is 1. The third-order valence-corrected chi connectivity index (χ3v) is 3.48. The maximum absolute atomic E-state index is 12.0. The summed E-state index contributed by atoms with van der Waals surface area (Å²) in [4.78, 5) is 12.0. The van der Waals surface area contributed by atoms with E-state index in [0.29, 0.717) is 23.4 Å². The van der Waals surface area contributed by atoms with Gasteiger partial charge in [-0.2, -0.15) is 0 Å². The number of rotatable bonds is 1. The molecule has 0 aliphatic heterocycles. The van der Waals surface area contributed by atoms with E-state index >= 15 is 0 Å². The number of halogens is 1. The van der Waals surface area contributed by atoms with Crippen molar-refractivity contribution >= 4 is 17.4 Å². The molecule has 1 aliphatic carbocycles. The largest absolute Gasteiger partial charge is 0.385 e. The van der Waals surface area contributed by atoms with Crippen LogP contribution >= 0.6 is 11.6 Å². The number of carbonyl (C=O) groups excluding carboxylic acids is 1. The molecule has 0 aromatic heterocycles. The second kappa shape index (κ2) is 4.17. The molecule has 1 aromatic carbocycles. The highest BCUT2D eigenvalue weighted by atomic mass is 35.5. The topological polar surface area (TPSA) is 63.3 Å². The third kappa shape index (κ3) is 1.75. The van der Waals surface area contributed by atoms with Gasteiger partial charge in [-0.25, -0.2) is 0 Å². The quantitative estimate of drug-likeness (QED) is 0.783. The zero-order chi connectivity index (χ0) is 11.8. The summed E-state index contributed by atoms with van der Waals surface area (Å²) in [6.45, 7) is 0. The van der Waals surface area contributed by atoms with Crippen molar-refractivity contribution in [3.05, 3.63) is 34.9 Å². The van der Waals surface area contributed by atoms with Crippen LogP contribution in [0.2, 0.25) is 5.02 Å². The molecule has 1 aliphatic rings. The fourth-order valence-corrected chi connectivity index (χ4v) is 2.52. The van der Waals surface area contributed by atoms with Gasteiger partial charge in [-0.1, -0.05) is 29.8 Å². The first-order chi connectivity index (χ1) is 7.55. The Balaban J connectivity index is 2.45. The fourth-order valence-electron chi connectivity index (χ4n) is 2.22. The number of hydrogen-bond donors (Lipinski definition) is 2. The molecule has 2 rings (SSSR count). The van der Waals surface area contributed by atoms with E-state index in [0.717, 1.165) is 6.42 Å². The van der Waals surface area contributed by atoms with E-state index < -0.39 is 11.6 Å². The number of hydrogen-bond acceptors (Lipinski definition) is 3. The van der Waals surface area contributed by atoms with E-state index in [1.54, 1.807) is 24.3 Å². The summed E-state index contributed by atoms with van der Waals surface area (Å²) in [5.74, 6) is -0.327. The molecule has 0 radical (unpaired) electrons. The third-order valence-electron chi connectivity index (χ3n) is 3.15. The summed E-state index contributed by atoms with van der Waals surface area (Å²) in [5, 5.41) is 10.1. The predicted octanol–water partition coefficient (Wildman–Crippen LogP) is 1.61. The Labute approximate surface area is 99.2 Å². The summed E-state index contributed by atoms with van der Waals surface area (Å²) in [7, 11) is 0. The van der Waals surface area contributed by atoms with Crippen molar-refractivity contribution in [3.8, 4) is 0 Å². The lowest BCUT2D eigenvalue weighted by atomic mass is 9.75. The summed E-state index contributed by atoms with van der Waals surface area (Å²) in [6.07, 6.45) is 0.791. The second-order valence-electron chi connectivity index (χ2n) is 4.22. The maximum Gasteiger partial charge on any atom is 0.185 e. The van der Waals surface area contributed by atoms with Crippen molar-refractivity contribution in [2.45, 2.75) is 30.9 Å². The van der Waals surface area contributed by atoms with Crippen molar-refractivity contribution in [1.29, 1.82) is 0 Å². The van der Waals surface area contributed by atoms with Gasteiger partial charge in [0.15, 0.2) is 5.78 Å². The molecule has 4 heteroatoms. The Morgan fingerprint density at radius 3 is 2.81 bits per heavy atom. The molecule has 86 valence electrons. The van der Waals surface area contributed by atoms with Crippen LogP contribution in [0.15, 0.2) is 24.3 Å². The minimum Gasteiger partial charge on any atom is -0.385 e. The first-order valence-corrected chi connectivity index (χ1v) is 5.70. The average Bonchev–Trinajstić information content (AvgIpc) is 2.26. The van der Waals surface area contributed by atoms with Crippen molar-refractivity contribution in [2.75, 3.05) is 0 Å². The molecule has 3 nitrogen and oxygen atoms in total. The molecule has 1 saturated carbocycles. The number of carbonyl (C=O) groups is 1. The van der Waals surface area contributed by atoms with Crippen molar-refractivity contribution in [3.63, 3.8) is 0 Å². The highest BCUT2D eigenvalue weighted by Gasteiger charge is 2.43. The van der Waals surface area contributed by atoms with Gasteiger partial charge in [0.1, 0.15) is 11.6 Å². The minimum absolute atomic E-state index is 0.327. The van der Waals surface area contributed by atoms with Gasteiger partial charge >= 0.3 is 0 Å². The number of aliphatic hydroxyl groups excluding tert-OH is 1. The molecule has 0 saturated heterocycles. The molecule has 16 heavy (non-hydrogen) atoms. The van der Waals surface area contributed by atoms with Gasteiger partial charge in [0, 0.05) is 5.02 Å². The first-order valence-electron chi connectivity index (χ1n) is 5.32. The van der Waals surface area contributed by atoms with Gasteiger partial charge < -0.3 is 10.8 Å². The number of aliphatic hydroxyl groups is 1. The zero-order valence-electron chi connectivity index (χ0n) is 8.82. The lowest BCUT2D eigenvalue weighted by Crippen LogP contribution is -2.52. The predicted molar refractivity (Wildman–Crippen MR) is 62.2 cm³/mol. The minimum atomic E-state index is -1.13. The molecule has 3 N–H and O–H groups in total. The average molecular weight is 240 g/mol. The Morgan fingerprint density at radius 2 is 2.12 bits per heavy atom. The molecular formula is C12H14ClNO2. The Bertz CT molecular complexity index is 421.